The SMILES string of the molecule is CC(=O)O[C@@H]1C[C@@H](C(=O)N[C@@H](C)c2ccc(-c3scnc3C)cc2)N(C(=O)[C@@H](NC(=O)COCCCCCN(c2ccc(-n3cc(C)nc3C)cc2)c2cc(-c3c(C)noc3C)ccc2C)C(C)(C)C)C1. The normalized spacial score (nSPS) is 15.6. The minimum absolute atomic E-state index is 0.0204. The van der Waals surface area contributed by atoms with Crippen LogP contribution in [0.5, 0.6) is 0 Å². The highest BCUT2D eigenvalue weighted by Crippen LogP contribution is 2.36. The fourth-order valence-electron chi connectivity index (χ4n) is 9.35. The van der Waals surface area contributed by atoms with Crippen molar-refractivity contribution in [3.8, 4) is 27.3 Å². The van der Waals surface area contributed by atoms with Crippen molar-refractivity contribution in [3.05, 3.63) is 118 Å². The fourth-order valence-corrected chi connectivity index (χ4v) is 10.2. The van der Waals surface area contributed by atoms with E-state index in [1.54, 1.807) is 11.3 Å². The van der Waals surface area contributed by atoms with Crippen LogP contribution < -0.4 is 15.5 Å². The first-order valence-corrected chi connectivity index (χ1v) is 25.3. The largest absolute Gasteiger partial charge is 0.461 e. The molecule has 7 rings (SSSR count). The van der Waals surface area contributed by atoms with Gasteiger partial charge in [-0.1, -0.05) is 62.3 Å². The molecule has 0 spiro atoms. The average Bonchev–Trinajstić information content (AvgIpc) is 4.12. The van der Waals surface area contributed by atoms with E-state index in [0.717, 1.165) is 104 Å². The van der Waals surface area contributed by atoms with Gasteiger partial charge in [0.15, 0.2) is 0 Å². The molecule has 4 heterocycles. The Balaban J connectivity index is 0.954. The van der Waals surface area contributed by atoms with E-state index in [4.69, 9.17) is 14.0 Å². The molecule has 4 atom stereocenters. The molecule has 0 unspecified atom stereocenters. The molecule has 1 fully saturated rings. The Morgan fingerprint density at radius 3 is 2.24 bits per heavy atom. The number of hydrogen-bond donors (Lipinski definition) is 2. The third-order valence-electron chi connectivity index (χ3n) is 13.0. The fraction of sp³-hybridized carbons (Fsp3) is 0.436. The zero-order valence-electron chi connectivity index (χ0n) is 42.9. The maximum absolute atomic E-state index is 14.5. The van der Waals surface area contributed by atoms with Crippen molar-refractivity contribution < 1.29 is 33.2 Å². The smallest absolute Gasteiger partial charge is 0.302 e. The van der Waals surface area contributed by atoms with Gasteiger partial charge in [0.1, 0.15) is 36.4 Å². The molecule has 0 saturated carbocycles. The topological polar surface area (TPSA) is 174 Å². The number of amides is 3. The zero-order chi connectivity index (χ0) is 51.1. The first-order valence-electron chi connectivity index (χ1n) is 24.4. The number of anilines is 2. The lowest BCUT2D eigenvalue weighted by Gasteiger charge is -2.35. The predicted octanol–water partition coefficient (Wildman–Crippen LogP) is 9.77. The first kappa shape index (κ1) is 52.2. The molecule has 1 aliphatic heterocycles. The minimum Gasteiger partial charge on any atom is -0.461 e. The second kappa shape index (κ2) is 22.6. The highest BCUT2D eigenvalue weighted by atomic mass is 32.1. The maximum atomic E-state index is 14.5. The standard InChI is InChI=1S/C55H68N8O7S/c1-33-15-16-43(50-36(4)60-70-38(50)6)27-47(33)61(44-21-23-45(24-22-44)62-29-34(2)57-39(62)7)25-13-12-14-26-68-31-49(65)59-52(55(9,10)11)54(67)63-30-46(69-40(8)64)28-48(63)53(66)58-35(3)41-17-19-42(20-18-41)51-37(5)56-32-71-51/h15-24,27,29,32,35,46,48,52H,12-14,25-26,28,30-31H2,1-11H3,(H,58,66)(H,59,65)/t35-,46+,48-,52+/m0/s1. The number of carbonyl (C=O) groups is 4. The lowest BCUT2D eigenvalue weighted by molar-refractivity contribution is -0.147. The molecule has 1 saturated heterocycles. The molecule has 2 N–H and O–H groups in total. The Morgan fingerprint density at radius 2 is 1.62 bits per heavy atom. The monoisotopic (exact) mass is 984 g/mol. The number of rotatable bonds is 19. The number of nitrogens with zero attached hydrogens (tertiary/aromatic N) is 6. The summed E-state index contributed by atoms with van der Waals surface area (Å²) in [5, 5.41) is 10.2. The summed E-state index contributed by atoms with van der Waals surface area (Å²) in [6.07, 6.45) is 3.90. The van der Waals surface area contributed by atoms with Gasteiger partial charge < -0.3 is 39.0 Å². The average molecular weight is 985 g/mol. The van der Waals surface area contributed by atoms with Crippen LogP contribution >= 0.6 is 11.3 Å². The third kappa shape index (κ3) is 12.6. The molecule has 0 radical (unpaired) electrons. The number of ether oxygens (including phenoxy) is 2. The van der Waals surface area contributed by atoms with Gasteiger partial charge in [0.2, 0.25) is 17.7 Å². The lowest BCUT2D eigenvalue weighted by Crippen LogP contribution is -2.58. The van der Waals surface area contributed by atoms with Crippen molar-refractivity contribution in [2.75, 3.05) is 31.2 Å². The highest BCUT2D eigenvalue weighted by Gasteiger charge is 2.46. The van der Waals surface area contributed by atoms with Gasteiger partial charge in [-0.25, -0.2) is 9.97 Å². The number of aryl methyl sites for hydroxylation is 6. The van der Waals surface area contributed by atoms with Crippen LogP contribution in [0.4, 0.5) is 11.4 Å². The summed E-state index contributed by atoms with van der Waals surface area (Å²) in [4.78, 5) is 67.8. The van der Waals surface area contributed by atoms with Gasteiger partial charge in [-0.05, 0) is 126 Å². The summed E-state index contributed by atoms with van der Waals surface area (Å²) < 4.78 is 19.1. The molecule has 6 aromatic rings. The zero-order valence-corrected chi connectivity index (χ0v) is 43.7. The maximum Gasteiger partial charge on any atom is 0.302 e. The Morgan fingerprint density at radius 1 is 0.901 bits per heavy atom. The van der Waals surface area contributed by atoms with Gasteiger partial charge >= 0.3 is 5.97 Å². The molecule has 71 heavy (non-hydrogen) atoms. The number of unbranched alkanes of at least 4 members (excludes halogenated alkanes) is 2. The van der Waals surface area contributed by atoms with E-state index in [0.29, 0.717) is 6.61 Å². The number of carbonyl (C=O) groups excluding carboxylic acids is 4. The summed E-state index contributed by atoms with van der Waals surface area (Å²) in [6, 6.07) is 20.7. The van der Waals surface area contributed by atoms with Crippen LogP contribution in [0.1, 0.15) is 106 Å². The molecular formula is C55H68N8O7S. The molecule has 15 nitrogen and oxygen atoms in total. The second-order valence-corrected chi connectivity index (χ2v) is 20.6. The van der Waals surface area contributed by atoms with Crippen LogP contribution in [0.3, 0.4) is 0 Å². The molecule has 0 bridgehead atoms. The van der Waals surface area contributed by atoms with E-state index in [1.807, 2.05) is 98.3 Å². The van der Waals surface area contributed by atoms with Crippen molar-refractivity contribution in [1.82, 2.24) is 35.2 Å². The van der Waals surface area contributed by atoms with Gasteiger partial charge in [-0.2, -0.15) is 0 Å². The van der Waals surface area contributed by atoms with Crippen LogP contribution in [0.15, 0.2) is 83.0 Å². The molecule has 16 heteroatoms. The van der Waals surface area contributed by atoms with E-state index >= 15 is 0 Å². The van der Waals surface area contributed by atoms with Crippen molar-refractivity contribution in [2.24, 2.45) is 5.41 Å². The molecule has 3 aromatic heterocycles. The number of hydrogen-bond acceptors (Lipinski definition) is 12. The second-order valence-electron chi connectivity index (χ2n) is 19.7. The Kier molecular flexibility index (Phi) is 16.6. The Hall–Kier alpha value is -6.65. The van der Waals surface area contributed by atoms with Gasteiger partial charge in [-0.15, -0.1) is 11.3 Å². The Labute approximate surface area is 421 Å². The summed E-state index contributed by atoms with van der Waals surface area (Å²) in [6.45, 7) is 21.6. The number of thiazole rings is 1. The Bertz CT molecular complexity index is 2810. The van der Waals surface area contributed by atoms with Gasteiger partial charge in [0.05, 0.1) is 40.1 Å². The third-order valence-corrected chi connectivity index (χ3v) is 14.0. The summed E-state index contributed by atoms with van der Waals surface area (Å²) >= 11 is 1.57. The number of esters is 1. The van der Waals surface area contributed by atoms with Crippen molar-refractivity contribution in [3.63, 3.8) is 0 Å². The van der Waals surface area contributed by atoms with Crippen LogP contribution in [0, 0.1) is 47.0 Å². The van der Waals surface area contributed by atoms with Crippen LogP contribution in [0.2, 0.25) is 0 Å². The van der Waals surface area contributed by atoms with E-state index in [2.05, 4.69) is 84.6 Å². The van der Waals surface area contributed by atoms with E-state index in [1.165, 1.54) is 11.8 Å². The van der Waals surface area contributed by atoms with E-state index < -0.39 is 41.4 Å². The number of aromatic nitrogens is 4. The van der Waals surface area contributed by atoms with Crippen molar-refractivity contribution in [1.29, 1.82) is 0 Å². The summed E-state index contributed by atoms with van der Waals surface area (Å²) in [5.41, 5.74) is 12.1. The van der Waals surface area contributed by atoms with Gasteiger partial charge in [0.25, 0.3) is 0 Å². The number of likely N-dealkylation sites (tertiary alicyclic amines) is 1. The molecule has 3 aromatic carbocycles. The van der Waals surface area contributed by atoms with Crippen LogP contribution in [-0.2, 0) is 28.7 Å². The van der Waals surface area contributed by atoms with E-state index in [-0.39, 0.29) is 31.5 Å². The minimum atomic E-state index is -0.988. The predicted molar refractivity (Wildman–Crippen MR) is 277 cm³/mol. The highest BCUT2D eigenvalue weighted by molar-refractivity contribution is 7.13. The van der Waals surface area contributed by atoms with Gasteiger partial charge in [-0.3, -0.25) is 19.2 Å². The number of nitrogens with one attached hydrogen (secondary N) is 2. The summed E-state index contributed by atoms with van der Waals surface area (Å²) in [7, 11) is 0. The van der Waals surface area contributed by atoms with Crippen molar-refractivity contribution >= 4 is 46.4 Å². The number of benzene rings is 3. The number of imidazole rings is 1. The molecule has 1 aliphatic rings. The van der Waals surface area contributed by atoms with Crippen LogP contribution in [0.25, 0.3) is 27.3 Å². The molecule has 0 aliphatic carbocycles. The van der Waals surface area contributed by atoms with E-state index in [9.17, 15) is 19.2 Å². The lowest BCUT2D eigenvalue weighted by atomic mass is 9.85. The molecule has 376 valence electrons. The molecular weight excluding hydrogens is 917 g/mol. The quantitative estimate of drug-likeness (QED) is 0.0584. The van der Waals surface area contributed by atoms with Crippen molar-refractivity contribution in [2.45, 2.75) is 126 Å². The van der Waals surface area contributed by atoms with Gasteiger partial charge in [0, 0.05) is 55.3 Å². The van der Waals surface area contributed by atoms with Crippen LogP contribution in [-0.4, -0.2) is 92.8 Å². The molecule has 3 amide bonds. The summed E-state index contributed by atoms with van der Waals surface area (Å²) in [5.74, 6) is -0.0464. The first-order chi connectivity index (χ1) is 33.8.